The molecule has 0 spiro atoms. The van der Waals surface area contributed by atoms with Gasteiger partial charge in [-0.1, -0.05) is 11.6 Å². The summed E-state index contributed by atoms with van der Waals surface area (Å²) in [5.74, 6) is 0.919. The zero-order chi connectivity index (χ0) is 14.8. The lowest BCUT2D eigenvalue weighted by Gasteiger charge is -2.27. The van der Waals surface area contributed by atoms with Gasteiger partial charge in [0.2, 0.25) is 5.91 Å². The molecule has 20 heavy (non-hydrogen) atoms. The number of hydrogen-bond donors (Lipinski definition) is 1. The van der Waals surface area contributed by atoms with Gasteiger partial charge in [0.1, 0.15) is 6.61 Å². The molecule has 1 N–H and O–H groups in total. The third-order valence-electron chi connectivity index (χ3n) is 2.98. The summed E-state index contributed by atoms with van der Waals surface area (Å²) < 4.78 is 5.50. The van der Waals surface area contributed by atoms with Crippen LogP contribution in [0.2, 0.25) is 5.02 Å². The molecule has 1 atom stereocenters. The summed E-state index contributed by atoms with van der Waals surface area (Å²) in [6.45, 7) is 5.90. The number of thioether (sulfide) groups is 1. The summed E-state index contributed by atoms with van der Waals surface area (Å²) in [6.07, 6.45) is 0.916. The molecule has 1 unspecified atom stereocenters. The Bertz CT molecular complexity index is 499. The third kappa shape index (κ3) is 4.40. The molecule has 2 rings (SSSR count). The van der Waals surface area contributed by atoms with Gasteiger partial charge in [0.15, 0.2) is 0 Å². The SMILES string of the molecule is CC(C)(C)OCC(=O)NC1CCSc2ccc(Cl)cc21. The van der Waals surface area contributed by atoms with E-state index in [9.17, 15) is 4.79 Å². The van der Waals surface area contributed by atoms with Gasteiger partial charge in [-0.25, -0.2) is 0 Å². The fourth-order valence-electron chi connectivity index (χ4n) is 2.03. The fourth-order valence-corrected chi connectivity index (χ4v) is 3.32. The molecule has 1 aliphatic heterocycles. The topological polar surface area (TPSA) is 38.3 Å². The largest absolute Gasteiger partial charge is 0.366 e. The van der Waals surface area contributed by atoms with Crippen LogP contribution >= 0.6 is 23.4 Å². The number of carbonyl (C=O) groups is 1. The van der Waals surface area contributed by atoms with Gasteiger partial charge in [-0.2, -0.15) is 0 Å². The number of rotatable bonds is 3. The second-order valence-corrected chi connectivity index (χ2v) is 7.41. The van der Waals surface area contributed by atoms with Gasteiger partial charge < -0.3 is 10.1 Å². The summed E-state index contributed by atoms with van der Waals surface area (Å²) in [7, 11) is 0. The van der Waals surface area contributed by atoms with E-state index in [0.717, 1.165) is 17.7 Å². The average Bonchev–Trinajstić information content (AvgIpc) is 2.36. The number of benzene rings is 1. The number of carbonyl (C=O) groups excluding carboxylic acids is 1. The van der Waals surface area contributed by atoms with E-state index in [1.807, 2.05) is 39.0 Å². The van der Waals surface area contributed by atoms with E-state index in [-0.39, 0.29) is 24.2 Å². The molecule has 0 fully saturated rings. The highest BCUT2D eigenvalue weighted by molar-refractivity contribution is 7.99. The fraction of sp³-hybridized carbons (Fsp3) is 0.533. The van der Waals surface area contributed by atoms with Crippen molar-refractivity contribution in [2.75, 3.05) is 12.4 Å². The molecule has 0 radical (unpaired) electrons. The zero-order valence-corrected chi connectivity index (χ0v) is 13.6. The van der Waals surface area contributed by atoms with Gasteiger partial charge >= 0.3 is 0 Å². The Hall–Kier alpha value is -0.710. The van der Waals surface area contributed by atoms with Crippen LogP contribution in [0.5, 0.6) is 0 Å². The molecule has 1 amide bonds. The molecular weight excluding hydrogens is 294 g/mol. The van der Waals surface area contributed by atoms with Gasteiger partial charge in [0.25, 0.3) is 0 Å². The van der Waals surface area contributed by atoms with Gasteiger partial charge in [0.05, 0.1) is 11.6 Å². The van der Waals surface area contributed by atoms with Gasteiger partial charge in [-0.3, -0.25) is 4.79 Å². The van der Waals surface area contributed by atoms with Crippen molar-refractivity contribution in [3.63, 3.8) is 0 Å². The standard InChI is InChI=1S/C15H20ClNO2S/c1-15(2,3)19-9-14(18)17-12-6-7-20-13-5-4-10(16)8-11(12)13/h4-5,8,12H,6-7,9H2,1-3H3,(H,17,18). The van der Waals surface area contributed by atoms with Crippen LogP contribution in [-0.4, -0.2) is 23.9 Å². The highest BCUT2D eigenvalue weighted by Crippen LogP contribution is 2.37. The number of fused-ring (bicyclic) bond motifs is 1. The van der Waals surface area contributed by atoms with E-state index in [0.29, 0.717) is 5.02 Å². The highest BCUT2D eigenvalue weighted by Gasteiger charge is 2.23. The molecule has 1 heterocycles. The summed E-state index contributed by atoms with van der Waals surface area (Å²) in [5.41, 5.74) is 0.805. The molecule has 1 aromatic carbocycles. The second kappa shape index (κ2) is 6.37. The van der Waals surface area contributed by atoms with Gasteiger partial charge in [-0.15, -0.1) is 11.8 Å². The number of halogens is 1. The number of hydrogen-bond acceptors (Lipinski definition) is 3. The molecule has 110 valence electrons. The molecule has 0 aliphatic carbocycles. The molecular formula is C15H20ClNO2S. The molecule has 3 nitrogen and oxygen atoms in total. The van der Waals surface area contributed by atoms with Crippen LogP contribution in [0.4, 0.5) is 0 Å². The monoisotopic (exact) mass is 313 g/mol. The number of nitrogens with one attached hydrogen (secondary N) is 1. The first-order chi connectivity index (χ1) is 9.35. The second-order valence-electron chi connectivity index (χ2n) is 5.84. The molecule has 5 heteroatoms. The number of amides is 1. The van der Waals surface area contributed by atoms with Crippen LogP contribution in [0.1, 0.15) is 38.8 Å². The first-order valence-electron chi connectivity index (χ1n) is 6.71. The minimum Gasteiger partial charge on any atom is -0.366 e. The van der Waals surface area contributed by atoms with E-state index in [2.05, 4.69) is 5.32 Å². The molecule has 0 saturated carbocycles. The maximum Gasteiger partial charge on any atom is 0.246 e. The maximum absolute atomic E-state index is 12.0. The van der Waals surface area contributed by atoms with Crippen LogP contribution in [0.3, 0.4) is 0 Å². The Labute approximate surface area is 129 Å². The Morgan fingerprint density at radius 3 is 2.95 bits per heavy atom. The number of ether oxygens (including phenoxy) is 1. The van der Waals surface area contributed by atoms with Crippen molar-refractivity contribution in [2.24, 2.45) is 0 Å². The Kier molecular flexibility index (Phi) is 4.99. The average molecular weight is 314 g/mol. The molecule has 0 saturated heterocycles. The van der Waals surface area contributed by atoms with Crippen LogP contribution in [0, 0.1) is 0 Å². The van der Waals surface area contributed by atoms with E-state index < -0.39 is 0 Å². The quantitative estimate of drug-likeness (QED) is 0.922. The molecule has 1 aliphatic rings. The lowest BCUT2D eigenvalue weighted by atomic mass is 10.0. The molecule has 0 bridgehead atoms. The third-order valence-corrected chi connectivity index (χ3v) is 4.34. The lowest BCUT2D eigenvalue weighted by Crippen LogP contribution is -2.35. The van der Waals surface area contributed by atoms with Crippen LogP contribution < -0.4 is 5.32 Å². The Balaban J connectivity index is 2.01. The van der Waals surface area contributed by atoms with Crippen LogP contribution in [-0.2, 0) is 9.53 Å². The van der Waals surface area contributed by atoms with Crippen molar-refractivity contribution in [3.8, 4) is 0 Å². The first-order valence-corrected chi connectivity index (χ1v) is 8.07. The van der Waals surface area contributed by atoms with Crippen molar-refractivity contribution < 1.29 is 9.53 Å². The van der Waals surface area contributed by atoms with E-state index in [4.69, 9.17) is 16.3 Å². The van der Waals surface area contributed by atoms with Crippen molar-refractivity contribution in [2.45, 2.75) is 43.7 Å². The zero-order valence-electron chi connectivity index (χ0n) is 12.0. The van der Waals surface area contributed by atoms with Gasteiger partial charge in [0, 0.05) is 15.7 Å². The van der Waals surface area contributed by atoms with E-state index in [1.54, 1.807) is 11.8 Å². The summed E-state index contributed by atoms with van der Waals surface area (Å²) in [5, 5.41) is 3.74. The highest BCUT2D eigenvalue weighted by atomic mass is 35.5. The van der Waals surface area contributed by atoms with E-state index in [1.165, 1.54) is 4.90 Å². The van der Waals surface area contributed by atoms with E-state index >= 15 is 0 Å². The van der Waals surface area contributed by atoms with Crippen LogP contribution in [0.25, 0.3) is 0 Å². The minimum atomic E-state index is -0.305. The summed E-state index contributed by atoms with van der Waals surface area (Å²) in [6, 6.07) is 5.88. The minimum absolute atomic E-state index is 0.0287. The molecule has 1 aromatic rings. The first kappa shape index (κ1) is 15.7. The molecule has 0 aromatic heterocycles. The smallest absolute Gasteiger partial charge is 0.246 e. The predicted molar refractivity (Wildman–Crippen MR) is 83.4 cm³/mol. The van der Waals surface area contributed by atoms with Crippen molar-refractivity contribution in [3.05, 3.63) is 28.8 Å². The lowest BCUT2D eigenvalue weighted by molar-refractivity contribution is -0.131. The summed E-state index contributed by atoms with van der Waals surface area (Å²) >= 11 is 7.86. The van der Waals surface area contributed by atoms with Crippen LogP contribution in [0.15, 0.2) is 23.1 Å². The van der Waals surface area contributed by atoms with Crippen molar-refractivity contribution in [1.82, 2.24) is 5.32 Å². The Morgan fingerprint density at radius 1 is 1.50 bits per heavy atom. The normalized spacial score (nSPS) is 18.5. The van der Waals surface area contributed by atoms with Crippen molar-refractivity contribution >= 4 is 29.3 Å². The summed E-state index contributed by atoms with van der Waals surface area (Å²) in [4.78, 5) is 13.2. The Morgan fingerprint density at radius 2 is 2.25 bits per heavy atom. The van der Waals surface area contributed by atoms with Gasteiger partial charge in [-0.05, 0) is 51.0 Å². The van der Waals surface area contributed by atoms with Crippen molar-refractivity contribution in [1.29, 1.82) is 0 Å². The maximum atomic E-state index is 12.0. The predicted octanol–water partition coefficient (Wildman–Crippen LogP) is 3.81.